The molecule has 2 heterocycles. The van der Waals surface area contributed by atoms with Crippen LogP contribution in [0.2, 0.25) is 5.02 Å². The van der Waals surface area contributed by atoms with E-state index in [1.807, 2.05) is 19.1 Å². The molecule has 3 aromatic rings. The van der Waals surface area contributed by atoms with E-state index < -0.39 is 6.09 Å². The quantitative estimate of drug-likeness (QED) is 0.374. The van der Waals surface area contributed by atoms with Gasteiger partial charge in [0, 0.05) is 28.9 Å². The lowest BCUT2D eigenvalue weighted by Gasteiger charge is -2.30. The molecule has 35 heavy (non-hydrogen) atoms. The molecule has 0 spiro atoms. The molecule has 3 N–H and O–H groups in total. The number of rotatable bonds is 6. The molecule has 184 valence electrons. The Labute approximate surface area is 216 Å². The van der Waals surface area contributed by atoms with Crippen molar-refractivity contribution < 1.29 is 14.3 Å². The molecule has 0 bridgehead atoms. The van der Waals surface area contributed by atoms with Crippen LogP contribution in [-0.4, -0.2) is 30.1 Å². The number of nitrogens with zero attached hydrogens (tertiary/aromatic N) is 1. The van der Waals surface area contributed by atoms with Crippen LogP contribution in [0.15, 0.2) is 67.0 Å². The molecule has 1 saturated heterocycles. The SMILES string of the molecule is Cc1ccc(C(=O)Nc2ccccc2NC(=O)OC(c2ccncc2)C2CCNCC2)cc1Cl.Cl. The number of para-hydroxylation sites is 2. The van der Waals surface area contributed by atoms with Crippen molar-refractivity contribution in [2.45, 2.75) is 25.9 Å². The number of hydrogen-bond acceptors (Lipinski definition) is 5. The smallest absolute Gasteiger partial charge is 0.412 e. The van der Waals surface area contributed by atoms with Gasteiger partial charge in [0.2, 0.25) is 0 Å². The number of carbonyl (C=O) groups excluding carboxylic acids is 2. The Bertz CT molecular complexity index is 1150. The van der Waals surface area contributed by atoms with Crippen LogP contribution in [0.5, 0.6) is 0 Å². The van der Waals surface area contributed by atoms with Crippen LogP contribution < -0.4 is 16.0 Å². The van der Waals surface area contributed by atoms with Gasteiger partial charge in [-0.3, -0.25) is 15.1 Å². The van der Waals surface area contributed by atoms with Gasteiger partial charge in [-0.15, -0.1) is 12.4 Å². The number of amides is 2. The number of nitrogens with one attached hydrogen (secondary N) is 3. The lowest BCUT2D eigenvalue weighted by atomic mass is 9.88. The first-order valence-electron chi connectivity index (χ1n) is 11.3. The van der Waals surface area contributed by atoms with Gasteiger partial charge >= 0.3 is 6.09 Å². The highest BCUT2D eigenvalue weighted by Gasteiger charge is 2.28. The monoisotopic (exact) mass is 514 g/mol. The van der Waals surface area contributed by atoms with Gasteiger partial charge in [0.1, 0.15) is 6.10 Å². The highest BCUT2D eigenvalue weighted by atomic mass is 35.5. The van der Waals surface area contributed by atoms with Crippen molar-refractivity contribution >= 4 is 47.4 Å². The first kappa shape index (κ1) is 26.5. The maximum absolute atomic E-state index is 12.9. The third-order valence-electron chi connectivity index (χ3n) is 5.93. The third kappa shape index (κ3) is 6.94. The Morgan fingerprint density at radius 1 is 1.03 bits per heavy atom. The third-order valence-corrected chi connectivity index (χ3v) is 6.33. The predicted octanol–water partition coefficient (Wildman–Crippen LogP) is 6.01. The van der Waals surface area contributed by atoms with Crippen LogP contribution in [0.3, 0.4) is 0 Å². The number of benzene rings is 2. The van der Waals surface area contributed by atoms with Gasteiger partial charge in [-0.2, -0.15) is 0 Å². The van der Waals surface area contributed by atoms with Crippen molar-refractivity contribution in [1.29, 1.82) is 0 Å². The van der Waals surface area contributed by atoms with Gasteiger partial charge in [0.05, 0.1) is 11.4 Å². The number of aromatic nitrogens is 1. The van der Waals surface area contributed by atoms with E-state index in [0.29, 0.717) is 22.0 Å². The number of aryl methyl sites for hydroxylation is 1. The van der Waals surface area contributed by atoms with Gasteiger partial charge in [-0.1, -0.05) is 29.8 Å². The Morgan fingerprint density at radius 3 is 2.34 bits per heavy atom. The predicted molar refractivity (Wildman–Crippen MR) is 141 cm³/mol. The van der Waals surface area contributed by atoms with E-state index in [0.717, 1.165) is 37.1 Å². The van der Waals surface area contributed by atoms with Crippen molar-refractivity contribution in [2.24, 2.45) is 5.92 Å². The molecule has 7 nitrogen and oxygen atoms in total. The maximum atomic E-state index is 12.9. The maximum Gasteiger partial charge on any atom is 0.412 e. The molecular weight excluding hydrogens is 487 g/mol. The van der Waals surface area contributed by atoms with Gasteiger partial charge < -0.3 is 15.4 Å². The minimum atomic E-state index is -0.583. The summed E-state index contributed by atoms with van der Waals surface area (Å²) >= 11 is 6.16. The van der Waals surface area contributed by atoms with Crippen LogP contribution >= 0.6 is 24.0 Å². The van der Waals surface area contributed by atoms with Crippen LogP contribution in [0.25, 0.3) is 0 Å². The molecule has 1 aliphatic heterocycles. The first-order valence-corrected chi connectivity index (χ1v) is 11.6. The van der Waals surface area contributed by atoms with Crippen molar-refractivity contribution in [3.05, 3.63) is 88.7 Å². The van der Waals surface area contributed by atoms with Crippen molar-refractivity contribution in [1.82, 2.24) is 10.3 Å². The number of halogens is 2. The molecule has 1 aliphatic rings. The molecule has 4 rings (SSSR count). The highest BCUT2D eigenvalue weighted by molar-refractivity contribution is 6.31. The summed E-state index contributed by atoms with van der Waals surface area (Å²) in [5.41, 5.74) is 3.13. The first-order chi connectivity index (χ1) is 16.5. The number of hydrogen-bond donors (Lipinski definition) is 3. The zero-order chi connectivity index (χ0) is 23.9. The molecule has 1 aromatic heterocycles. The van der Waals surface area contributed by atoms with Crippen LogP contribution in [0.1, 0.15) is 40.4 Å². The van der Waals surface area contributed by atoms with Crippen LogP contribution in [0, 0.1) is 12.8 Å². The average molecular weight is 515 g/mol. The molecule has 1 unspecified atom stereocenters. The lowest BCUT2D eigenvalue weighted by Crippen LogP contribution is -2.33. The van der Waals surface area contributed by atoms with E-state index >= 15 is 0 Å². The zero-order valence-electron chi connectivity index (χ0n) is 19.3. The standard InChI is InChI=1S/C26H27ClN4O3.ClH/c1-17-6-7-20(16-21(17)27)25(32)30-22-4-2-3-5-23(22)31-26(33)34-24(18-8-12-28-13-9-18)19-10-14-29-15-11-19;/h2-9,12-13,16,19,24,29H,10-11,14-15H2,1H3,(H,30,32)(H,31,33);1H. The van der Waals surface area contributed by atoms with Crippen LogP contribution in [0.4, 0.5) is 16.2 Å². The summed E-state index contributed by atoms with van der Waals surface area (Å²) in [6.07, 6.45) is 4.25. The normalized spacial score (nSPS) is 14.3. The van der Waals surface area contributed by atoms with E-state index in [-0.39, 0.29) is 30.3 Å². The molecule has 1 fully saturated rings. The Kier molecular flexibility index (Phi) is 9.48. The Hall–Kier alpha value is -3.13. The van der Waals surface area contributed by atoms with E-state index in [4.69, 9.17) is 16.3 Å². The zero-order valence-corrected chi connectivity index (χ0v) is 20.9. The van der Waals surface area contributed by atoms with Crippen molar-refractivity contribution in [3.8, 4) is 0 Å². The van der Waals surface area contributed by atoms with Crippen LogP contribution in [-0.2, 0) is 4.74 Å². The van der Waals surface area contributed by atoms with E-state index in [1.165, 1.54) is 0 Å². The number of piperidine rings is 1. The fourth-order valence-corrected chi connectivity index (χ4v) is 4.20. The van der Waals surface area contributed by atoms with Gasteiger partial charge in [-0.05, 0) is 80.4 Å². The molecule has 2 amide bonds. The van der Waals surface area contributed by atoms with E-state index in [2.05, 4.69) is 20.9 Å². The summed E-state index contributed by atoms with van der Waals surface area (Å²) in [4.78, 5) is 29.8. The van der Waals surface area contributed by atoms with Gasteiger partial charge in [0.25, 0.3) is 5.91 Å². The number of anilines is 2. The van der Waals surface area contributed by atoms with Crippen molar-refractivity contribution in [3.63, 3.8) is 0 Å². The molecule has 1 atom stereocenters. The largest absolute Gasteiger partial charge is 0.441 e. The summed E-state index contributed by atoms with van der Waals surface area (Å²) in [7, 11) is 0. The fraction of sp³-hybridized carbons (Fsp3) is 0.269. The summed E-state index contributed by atoms with van der Waals surface area (Å²) in [6, 6.07) is 15.9. The van der Waals surface area contributed by atoms with Gasteiger partial charge in [-0.25, -0.2) is 4.79 Å². The van der Waals surface area contributed by atoms with Crippen molar-refractivity contribution in [2.75, 3.05) is 23.7 Å². The Balaban J connectivity index is 0.00000342. The fourth-order valence-electron chi connectivity index (χ4n) is 4.02. The highest BCUT2D eigenvalue weighted by Crippen LogP contribution is 2.33. The lowest BCUT2D eigenvalue weighted by molar-refractivity contribution is 0.0591. The minimum Gasteiger partial charge on any atom is -0.441 e. The second-order valence-corrected chi connectivity index (χ2v) is 8.69. The Morgan fingerprint density at radius 2 is 1.69 bits per heavy atom. The number of ether oxygens (including phenoxy) is 1. The number of pyridine rings is 1. The topological polar surface area (TPSA) is 92.4 Å². The second-order valence-electron chi connectivity index (χ2n) is 8.28. The molecule has 2 aromatic carbocycles. The molecule has 9 heteroatoms. The minimum absolute atomic E-state index is 0. The molecule has 0 saturated carbocycles. The summed E-state index contributed by atoms with van der Waals surface area (Å²) in [5, 5.41) is 9.50. The summed E-state index contributed by atoms with van der Waals surface area (Å²) in [5.74, 6) is -0.121. The van der Waals surface area contributed by atoms with Gasteiger partial charge in [0.15, 0.2) is 0 Å². The second kappa shape index (κ2) is 12.5. The van der Waals surface area contributed by atoms with E-state index in [9.17, 15) is 9.59 Å². The molecular formula is C26H28Cl2N4O3. The van der Waals surface area contributed by atoms with E-state index in [1.54, 1.807) is 54.9 Å². The molecule has 0 aliphatic carbocycles. The summed E-state index contributed by atoms with van der Waals surface area (Å²) < 4.78 is 5.92. The molecule has 0 radical (unpaired) electrons. The number of carbonyl (C=O) groups is 2. The summed E-state index contributed by atoms with van der Waals surface area (Å²) in [6.45, 7) is 3.64. The average Bonchev–Trinajstić information content (AvgIpc) is 2.86.